The van der Waals surface area contributed by atoms with Crippen molar-refractivity contribution in [3.63, 3.8) is 0 Å². The molecule has 11 rings (SSSR count). The minimum absolute atomic E-state index is 0.0625. The van der Waals surface area contributed by atoms with Crippen LogP contribution < -0.4 is 4.90 Å². The normalized spacial score (nSPS) is 13.8. The summed E-state index contributed by atoms with van der Waals surface area (Å²) in [6.07, 6.45) is 0. The summed E-state index contributed by atoms with van der Waals surface area (Å²) in [4.78, 5) is 2.37. The Morgan fingerprint density at radius 1 is 0.262 bits per heavy atom. The van der Waals surface area contributed by atoms with Gasteiger partial charge in [0.1, 0.15) is 0 Å². The van der Waals surface area contributed by atoms with Crippen molar-refractivity contribution < 1.29 is 0 Å². The van der Waals surface area contributed by atoms with Gasteiger partial charge in [0.2, 0.25) is 0 Å². The molecule has 0 aliphatic heterocycles. The van der Waals surface area contributed by atoms with Crippen LogP contribution in [0.5, 0.6) is 0 Å². The maximum absolute atomic E-state index is 2.42. The van der Waals surface area contributed by atoms with Crippen molar-refractivity contribution in [3.05, 3.63) is 235 Å². The molecule has 0 heterocycles. The molecule has 0 saturated heterocycles. The zero-order valence-electron chi connectivity index (χ0n) is 35.2. The van der Waals surface area contributed by atoms with E-state index in [1.165, 1.54) is 89.0 Å². The molecule has 0 bridgehead atoms. The number of rotatable bonds is 7. The maximum Gasteiger partial charge on any atom is 0.0462 e. The van der Waals surface area contributed by atoms with Crippen LogP contribution in [0.15, 0.2) is 212 Å². The van der Waals surface area contributed by atoms with Crippen molar-refractivity contribution in [1.29, 1.82) is 0 Å². The van der Waals surface area contributed by atoms with Gasteiger partial charge >= 0.3 is 0 Å². The Balaban J connectivity index is 1.04. The van der Waals surface area contributed by atoms with Crippen molar-refractivity contribution in [2.45, 2.75) is 38.5 Å². The first kappa shape index (κ1) is 36.8. The van der Waals surface area contributed by atoms with Crippen molar-refractivity contribution in [2.75, 3.05) is 4.90 Å². The summed E-state index contributed by atoms with van der Waals surface area (Å²) >= 11 is 0. The second-order valence-corrected chi connectivity index (χ2v) is 17.7. The summed E-state index contributed by atoms with van der Waals surface area (Å²) in [5.41, 5.74) is 24.0. The van der Waals surface area contributed by atoms with Crippen LogP contribution in [0.3, 0.4) is 0 Å². The fourth-order valence-corrected chi connectivity index (χ4v) is 10.5. The zero-order valence-corrected chi connectivity index (χ0v) is 35.2. The van der Waals surface area contributed by atoms with Crippen LogP contribution in [0.1, 0.15) is 49.9 Å². The summed E-state index contributed by atoms with van der Waals surface area (Å²) in [7, 11) is 0. The minimum atomic E-state index is -0.192. The predicted molar refractivity (Wildman–Crippen MR) is 258 cm³/mol. The molecule has 9 aromatic rings. The highest BCUT2D eigenvalue weighted by Gasteiger charge is 2.41. The fraction of sp³-hybridized carbons (Fsp3) is 0.100. The first-order valence-electron chi connectivity index (χ1n) is 21.5. The maximum atomic E-state index is 2.42. The second kappa shape index (κ2) is 14.2. The molecule has 0 spiro atoms. The van der Waals surface area contributed by atoms with E-state index < -0.39 is 0 Å². The van der Waals surface area contributed by atoms with E-state index in [1.807, 2.05) is 0 Å². The molecule has 0 unspecified atom stereocenters. The van der Waals surface area contributed by atoms with Gasteiger partial charge in [-0.25, -0.2) is 0 Å². The number of anilines is 3. The average molecular weight is 782 g/mol. The largest absolute Gasteiger partial charge is 0.311 e. The van der Waals surface area contributed by atoms with Gasteiger partial charge in [0.05, 0.1) is 0 Å². The third-order valence-corrected chi connectivity index (χ3v) is 13.5. The molecule has 0 atom stereocenters. The summed E-state index contributed by atoms with van der Waals surface area (Å²) < 4.78 is 0. The van der Waals surface area contributed by atoms with E-state index in [1.54, 1.807) is 0 Å². The molecule has 0 fully saturated rings. The predicted octanol–water partition coefficient (Wildman–Crippen LogP) is 16.4. The second-order valence-electron chi connectivity index (χ2n) is 17.7. The van der Waals surface area contributed by atoms with Crippen molar-refractivity contribution in [2.24, 2.45) is 0 Å². The third-order valence-electron chi connectivity index (χ3n) is 13.5. The van der Waals surface area contributed by atoms with Crippen molar-refractivity contribution in [1.82, 2.24) is 0 Å². The van der Waals surface area contributed by atoms with Gasteiger partial charge in [0, 0.05) is 27.9 Å². The Kier molecular flexibility index (Phi) is 8.58. The fourth-order valence-electron chi connectivity index (χ4n) is 10.5. The van der Waals surface area contributed by atoms with E-state index in [0.717, 1.165) is 17.1 Å². The number of hydrogen-bond donors (Lipinski definition) is 0. The molecule has 2 aliphatic rings. The molecule has 292 valence electrons. The number of benzene rings is 9. The number of fused-ring (bicyclic) bond motifs is 6. The van der Waals surface area contributed by atoms with Crippen LogP contribution in [0.25, 0.3) is 66.8 Å². The lowest BCUT2D eigenvalue weighted by Crippen LogP contribution is -2.17. The van der Waals surface area contributed by atoms with Crippen LogP contribution >= 0.6 is 0 Å². The summed E-state index contributed by atoms with van der Waals surface area (Å²) in [6, 6.07) is 78.2. The monoisotopic (exact) mass is 781 g/mol. The molecule has 1 nitrogen and oxygen atoms in total. The van der Waals surface area contributed by atoms with Gasteiger partial charge in [0.25, 0.3) is 0 Å². The molecule has 0 saturated carbocycles. The highest BCUT2D eigenvalue weighted by Crippen LogP contribution is 2.58. The molecule has 0 amide bonds. The Bertz CT molecular complexity index is 3000. The minimum Gasteiger partial charge on any atom is -0.311 e. The highest BCUT2D eigenvalue weighted by atomic mass is 15.1. The summed E-state index contributed by atoms with van der Waals surface area (Å²) in [6.45, 7) is 9.58. The molecule has 61 heavy (non-hydrogen) atoms. The van der Waals surface area contributed by atoms with Gasteiger partial charge in [-0.1, -0.05) is 204 Å². The van der Waals surface area contributed by atoms with Gasteiger partial charge in [-0.3, -0.25) is 0 Å². The molecular formula is C60H47N. The van der Waals surface area contributed by atoms with Crippen LogP contribution in [0.2, 0.25) is 0 Å². The number of hydrogen-bond acceptors (Lipinski definition) is 1. The molecule has 0 aromatic heterocycles. The van der Waals surface area contributed by atoms with E-state index in [2.05, 4.69) is 245 Å². The molecule has 0 N–H and O–H groups in total. The molecular weight excluding hydrogens is 735 g/mol. The van der Waals surface area contributed by atoms with E-state index in [0.29, 0.717) is 0 Å². The summed E-state index contributed by atoms with van der Waals surface area (Å²) in [5, 5.41) is 0. The van der Waals surface area contributed by atoms with E-state index >= 15 is 0 Å². The van der Waals surface area contributed by atoms with E-state index in [9.17, 15) is 0 Å². The van der Waals surface area contributed by atoms with Crippen molar-refractivity contribution in [3.8, 4) is 66.8 Å². The lowest BCUT2D eigenvalue weighted by molar-refractivity contribution is 0.659. The lowest BCUT2D eigenvalue weighted by atomic mass is 9.76. The Labute approximate surface area is 360 Å². The van der Waals surface area contributed by atoms with E-state index in [-0.39, 0.29) is 10.8 Å². The molecule has 2 aliphatic carbocycles. The molecule has 1 heteroatoms. The van der Waals surface area contributed by atoms with Crippen LogP contribution in [0.4, 0.5) is 17.1 Å². The van der Waals surface area contributed by atoms with Gasteiger partial charge in [-0.15, -0.1) is 0 Å². The lowest BCUT2D eigenvalue weighted by Gasteiger charge is -2.27. The summed E-state index contributed by atoms with van der Waals surface area (Å²) in [5.74, 6) is 0. The van der Waals surface area contributed by atoms with Gasteiger partial charge < -0.3 is 4.90 Å². The topological polar surface area (TPSA) is 3.24 Å². The SMILES string of the molecule is CC1(C)c2ccccc2-c2c(-c3ccc(-c4ccc(N(c5ccc(-c6ccccc6)cc5)c5ccc(-c6ccccc6)cc5)cc4)c4c3C(C)(C)c3ccccc3-4)cccc21. The van der Waals surface area contributed by atoms with Crippen LogP contribution in [-0.2, 0) is 10.8 Å². The van der Waals surface area contributed by atoms with Gasteiger partial charge in [-0.2, -0.15) is 0 Å². The number of nitrogens with zero attached hydrogens (tertiary/aromatic N) is 1. The molecule has 9 aromatic carbocycles. The van der Waals surface area contributed by atoms with Gasteiger partial charge in [0.15, 0.2) is 0 Å². The molecule has 0 radical (unpaired) electrons. The Morgan fingerprint density at radius 2 is 0.656 bits per heavy atom. The van der Waals surface area contributed by atoms with Gasteiger partial charge in [-0.05, 0) is 125 Å². The quantitative estimate of drug-likeness (QED) is 0.156. The average Bonchev–Trinajstić information content (AvgIpc) is 3.70. The highest BCUT2D eigenvalue weighted by molar-refractivity contribution is 6.01. The zero-order chi connectivity index (χ0) is 41.3. The first-order valence-corrected chi connectivity index (χ1v) is 21.5. The van der Waals surface area contributed by atoms with Crippen molar-refractivity contribution >= 4 is 17.1 Å². The van der Waals surface area contributed by atoms with Crippen LogP contribution in [-0.4, -0.2) is 0 Å². The Morgan fingerprint density at radius 3 is 1.20 bits per heavy atom. The standard InChI is InChI=1S/C60H47N/c1-59(2)53-23-13-11-20-51(53)56-49(22-15-25-55(56)59)50-39-38-48(57-52-21-12-14-24-54(52)60(3,4)58(50)57)44-30-36-47(37-31-44)61(45-32-26-42(27-33-45)40-16-7-5-8-17-40)46-34-28-43(29-35-46)41-18-9-6-10-19-41/h5-39H,1-4H3. The smallest absolute Gasteiger partial charge is 0.0462 e. The van der Waals surface area contributed by atoms with E-state index in [4.69, 9.17) is 0 Å². The Hall–Kier alpha value is -7.22. The van der Waals surface area contributed by atoms with Crippen LogP contribution in [0, 0.1) is 0 Å². The first-order chi connectivity index (χ1) is 29.8. The third kappa shape index (κ3) is 5.91.